The van der Waals surface area contributed by atoms with Crippen LogP contribution >= 0.6 is 15.9 Å². The molecule has 0 radical (unpaired) electrons. The van der Waals surface area contributed by atoms with Crippen molar-refractivity contribution in [3.05, 3.63) is 82.1 Å². The highest BCUT2D eigenvalue weighted by atomic mass is 79.9. The van der Waals surface area contributed by atoms with E-state index in [1.54, 1.807) is 30.3 Å². The van der Waals surface area contributed by atoms with Crippen LogP contribution < -0.4 is 5.32 Å². The van der Waals surface area contributed by atoms with Crippen molar-refractivity contribution in [2.75, 3.05) is 13.1 Å². The van der Waals surface area contributed by atoms with E-state index in [0.29, 0.717) is 17.7 Å². The van der Waals surface area contributed by atoms with Crippen LogP contribution in [0.2, 0.25) is 0 Å². The molecule has 0 saturated heterocycles. The quantitative estimate of drug-likeness (QED) is 0.634. The SMILES string of the molecule is C=CCN(Cc1cc(Br)ccc1F)C(=O)CCNC(=O)c1ccccc1C. The van der Waals surface area contributed by atoms with Crippen LogP contribution in [0.1, 0.15) is 27.9 Å². The summed E-state index contributed by atoms with van der Waals surface area (Å²) in [7, 11) is 0. The molecule has 2 aromatic carbocycles. The summed E-state index contributed by atoms with van der Waals surface area (Å²) >= 11 is 3.31. The molecular weight excluding hydrogens is 411 g/mol. The van der Waals surface area contributed by atoms with Crippen LogP contribution in [0.25, 0.3) is 0 Å². The van der Waals surface area contributed by atoms with Gasteiger partial charge in [0.15, 0.2) is 0 Å². The Morgan fingerprint density at radius 2 is 2.00 bits per heavy atom. The van der Waals surface area contributed by atoms with Gasteiger partial charge >= 0.3 is 0 Å². The number of hydrogen-bond donors (Lipinski definition) is 1. The van der Waals surface area contributed by atoms with Gasteiger partial charge in [-0.3, -0.25) is 9.59 Å². The molecule has 2 aromatic rings. The van der Waals surface area contributed by atoms with E-state index in [-0.39, 0.29) is 37.1 Å². The largest absolute Gasteiger partial charge is 0.352 e. The summed E-state index contributed by atoms with van der Waals surface area (Å²) in [4.78, 5) is 26.2. The highest BCUT2D eigenvalue weighted by molar-refractivity contribution is 9.10. The predicted octanol–water partition coefficient (Wildman–Crippen LogP) is 4.23. The fraction of sp³-hybridized carbons (Fsp3) is 0.238. The lowest BCUT2D eigenvalue weighted by molar-refractivity contribution is -0.131. The number of carbonyl (C=O) groups excluding carboxylic acids is 2. The van der Waals surface area contributed by atoms with Crippen LogP contribution in [0.3, 0.4) is 0 Å². The van der Waals surface area contributed by atoms with E-state index in [2.05, 4.69) is 27.8 Å². The molecule has 0 bridgehead atoms. The van der Waals surface area contributed by atoms with Crippen molar-refractivity contribution in [2.45, 2.75) is 19.9 Å². The molecular formula is C21H22BrFN2O2. The van der Waals surface area contributed by atoms with Crippen LogP contribution in [-0.2, 0) is 11.3 Å². The maximum Gasteiger partial charge on any atom is 0.251 e. The zero-order chi connectivity index (χ0) is 19.8. The minimum Gasteiger partial charge on any atom is -0.352 e. The first-order chi connectivity index (χ1) is 12.9. The van der Waals surface area contributed by atoms with Gasteiger partial charge in [0.1, 0.15) is 5.82 Å². The van der Waals surface area contributed by atoms with Crippen LogP contribution in [0.5, 0.6) is 0 Å². The number of rotatable bonds is 8. The molecule has 0 aliphatic carbocycles. The number of amides is 2. The number of hydrogen-bond acceptors (Lipinski definition) is 2. The Kier molecular flexibility index (Phi) is 7.73. The first-order valence-corrected chi connectivity index (χ1v) is 9.38. The van der Waals surface area contributed by atoms with E-state index in [0.717, 1.165) is 10.0 Å². The van der Waals surface area contributed by atoms with Gasteiger partial charge in [0, 0.05) is 41.7 Å². The van der Waals surface area contributed by atoms with Crippen LogP contribution in [0, 0.1) is 12.7 Å². The van der Waals surface area contributed by atoms with Gasteiger partial charge < -0.3 is 10.2 Å². The summed E-state index contributed by atoms with van der Waals surface area (Å²) < 4.78 is 14.7. The second kappa shape index (κ2) is 10.0. The summed E-state index contributed by atoms with van der Waals surface area (Å²) in [6.45, 7) is 6.17. The second-order valence-corrected chi connectivity index (χ2v) is 7.04. The number of halogens is 2. The molecule has 0 unspecified atom stereocenters. The fourth-order valence-electron chi connectivity index (χ4n) is 2.64. The monoisotopic (exact) mass is 432 g/mol. The lowest BCUT2D eigenvalue weighted by Gasteiger charge is -2.22. The normalized spacial score (nSPS) is 10.3. The van der Waals surface area contributed by atoms with Gasteiger partial charge in [-0.25, -0.2) is 4.39 Å². The summed E-state index contributed by atoms with van der Waals surface area (Å²) in [5.74, 6) is -0.763. The Balaban J connectivity index is 1.95. The molecule has 0 aliphatic heterocycles. The van der Waals surface area contributed by atoms with Crippen molar-refractivity contribution in [1.29, 1.82) is 0 Å². The molecule has 0 spiro atoms. The molecule has 0 aliphatic rings. The molecule has 27 heavy (non-hydrogen) atoms. The standard InChI is InChI=1S/C21H22BrFN2O2/c1-3-12-25(14-16-13-17(22)8-9-19(16)23)20(26)10-11-24-21(27)18-7-5-4-6-15(18)2/h3-9,13H,1,10-12,14H2,2H3,(H,24,27). The lowest BCUT2D eigenvalue weighted by Crippen LogP contribution is -2.34. The number of carbonyl (C=O) groups is 2. The molecule has 4 nitrogen and oxygen atoms in total. The zero-order valence-corrected chi connectivity index (χ0v) is 16.8. The molecule has 142 valence electrons. The smallest absolute Gasteiger partial charge is 0.251 e. The van der Waals surface area contributed by atoms with Crippen LogP contribution in [0.4, 0.5) is 4.39 Å². The summed E-state index contributed by atoms with van der Waals surface area (Å²) in [5, 5.41) is 2.76. The summed E-state index contributed by atoms with van der Waals surface area (Å²) in [6, 6.07) is 11.9. The number of aryl methyl sites for hydroxylation is 1. The minimum atomic E-state index is -0.368. The van der Waals surface area contributed by atoms with E-state index < -0.39 is 0 Å². The van der Waals surface area contributed by atoms with Crippen LogP contribution in [-0.4, -0.2) is 29.8 Å². The van der Waals surface area contributed by atoms with Crippen molar-refractivity contribution >= 4 is 27.7 Å². The van der Waals surface area contributed by atoms with E-state index in [1.807, 2.05) is 19.1 Å². The molecule has 6 heteroatoms. The highest BCUT2D eigenvalue weighted by Gasteiger charge is 2.16. The number of nitrogens with one attached hydrogen (secondary N) is 1. The molecule has 0 atom stereocenters. The Morgan fingerprint density at radius 1 is 1.26 bits per heavy atom. The molecule has 0 aromatic heterocycles. The highest BCUT2D eigenvalue weighted by Crippen LogP contribution is 2.17. The second-order valence-electron chi connectivity index (χ2n) is 6.12. The Morgan fingerprint density at radius 3 is 2.70 bits per heavy atom. The maximum atomic E-state index is 14.0. The molecule has 2 rings (SSSR count). The van der Waals surface area contributed by atoms with Crippen molar-refractivity contribution < 1.29 is 14.0 Å². The predicted molar refractivity (Wildman–Crippen MR) is 108 cm³/mol. The third kappa shape index (κ3) is 6.03. The van der Waals surface area contributed by atoms with Crippen molar-refractivity contribution in [2.24, 2.45) is 0 Å². The Bertz CT molecular complexity index is 839. The fourth-order valence-corrected chi connectivity index (χ4v) is 3.05. The first-order valence-electron chi connectivity index (χ1n) is 8.58. The zero-order valence-electron chi connectivity index (χ0n) is 15.2. The van der Waals surface area contributed by atoms with Crippen molar-refractivity contribution in [1.82, 2.24) is 10.2 Å². The maximum absolute atomic E-state index is 14.0. The van der Waals surface area contributed by atoms with Gasteiger partial charge in [0.05, 0.1) is 0 Å². The number of benzene rings is 2. The minimum absolute atomic E-state index is 0.126. The molecule has 2 amide bonds. The van der Waals surface area contributed by atoms with Crippen molar-refractivity contribution in [3.8, 4) is 0 Å². The molecule has 0 heterocycles. The topological polar surface area (TPSA) is 49.4 Å². The average molecular weight is 433 g/mol. The summed E-state index contributed by atoms with van der Waals surface area (Å²) in [6.07, 6.45) is 1.72. The molecule has 0 fully saturated rings. The van der Waals surface area contributed by atoms with Gasteiger partial charge in [-0.05, 0) is 36.8 Å². The van der Waals surface area contributed by atoms with Crippen molar-refractivity contribution in [3.63, 3.8) is 0 Å². The number of nitrogens with zero attached hydrogens (tertiary/aromatic N) is 1. The van der Waals surface area contributed by atoms with E-state index in [9.17, 15) is 14.0 Å². The van der Waals surface area contributed by atoms with Gasteiger partial charge in [0.25, 0.3) is 5.91 Å². The van der Waals surface area contributed by atoms with Gasteiger partial charge in [-0.15, -0.1) is 6.58 Å². The molecule has 0 saturated carbocycles. The third-order valence-corrected chi connectivity index (χ3v) is 4.58. The summed E-state index contributed by atoms with van der Waals surface area (Å²) in [5.41, 5.74) is 1.88. The van der Waals surface area contributed by atoms with Gasteiger partial charge in [-0.1, -0.05) is 40.2 Å². The van der Waals surface area contributed by atoms with Gasteiger partial charge in [-0.2, -0.15) is 0 Å². The first kappa shape index (κ1) is 20.8. The molecule has 1 N–H and O–H groups in total. The average Bonchev–Trinajstić information content (AvgIpc) is 2.64. The van der Waals surface area contributed by atoms with E-state index >= 15 is 0 Å². The van der Waals surface area contributed by atoms with Crippen LogP contribution in [0.15, 0.2) is 59.6 Å². The Hall–Kier alpha value is -2.47. The lowest BCUT2D eigenvalue weighted by atomic mass is 10.1. The van der Waals surface area contributed by atoms with E-state index in [1.165, 1.54) is 11.0 Å². The van der Waals surface area contributed by atoms with Gasteiger partial charge in [0.2, 0.25) is 5.91 Å². The Labute approximate surface area is 167 Å². The van der Waals surface area contributed by atoms with E-state index in [4.69, 9.17) is 0 Å². The third-order valence-electron chi connectivity index (χ3n) is 4.09.